The Kier molecular flexibility index (Phi) is 1.68. The fourth-order valence-corrected chi connectivity index (χ4v) is 1.12. The SMILES string of the molecule is C[C@H]1OCC[C@]1(C)C(=O)O. The molecule has 1 rings (SSSR count). The fraction of sp³-hybridized carbons (Fsp3) is 0.857. The monoisotopic (exact) mass is 144 g/mol. The summed E-state index contributed by atoms with van der Waals surface area (Å²) in [5, 5.41) is 8.76. The van der Waals surface area contributed by atoms with E-state index in [0.29, 0.717) is 13.0 Å². The lowest BCUT2D eigenvalue weighted by molar-refractivity contribution is -0.150. The first-order valence-corrected chi connectivity index (χ1v) is 3.42. The van der Waals surface area contributed by atoms with Crippen molar-refractivity contribution in [3.8, 4) is 0 Å². The van der Waals surface area contributed by atoms with Gasteiger partial charge in [-0.15, -0.1) is 0 Å². The molecule has 58 valence electrons. The van der Waals surface area contributed by atoms with Crippen LogP contribution in [0.4, 0.5) is 0 Å². The number of carboxylic acid groups (broad SMARTS) is 1. The quantitative estimate of drug-likeness (QED) is 0.594. The van der Waals surface area contributed by atoms with E-state index in [4.69, 9.17) is 9.84 Å². The van der Waals surface area contributed by atoms with Crippen LogP contribution in [0, 0.1) is 5.41 Å². The molecule has 1 N–H and O–H groups in total. The van der Waals surface area contributed by atoms with Gasteiger partial charge in [-0.1, -0.05) is 0 Å². The molecule has 0 bridgehead atoms. The standard InChI is InChI=1S/C7H12O3/c1-5-7(2,6(8)9)3-4-10-5/h5H,3-4H2,1-2H3,(H,8,9)/t5-,7+/m1/s1. The lowest BCUT2D eigenvalue weighted by Gasteiger charge is -2.21. The minimum Gasteiger partial charge on any atom is -0.481 e. The third-order valence-electron chi connectivity index (χ3n) is 2.38. The maximum absolute atomic E-state index is 10.7. The second-order valence-electron chi connectivity index (χ2n) is 2.99. The first-order chi connectivity index (χ1) is 4.57. The van der Waals surface area contributed by atoms with E-state index in [1.165, 1.54) is 0 Å². The number of carbonyl (C=O) groups is 1. The van der Waals surface area contributed by atoms with Crippen LogP contribution in [-0.2, 0) is 9.53 Å². The van der Waals surface area contributed by atoms with E-state index in [1.807, 2.05) is 0 Å². The first-order valence-electron chi connectivity index (χ1n) is 3.42. The average molecular weight is 144 g/mol. The lowest BCUT2D eigenvalue weighted by Crippen LogP contribution is -2.33. The van der Waals surface area contributed by atoms with E-state index in [0.717, 1.165) is 0 Å². The van der Waals surface area contributed by atoms with Crippen LogP contribution in [0.3, 0.4) is 0 Å². The van der Waals surface area contributed by atoms with Crippen LogP contribution in [0.15, 0.2) is 0 Å². The summed E-state index contributed by atoms with van der Waals surface area (Å²) in [5.74, 6) is -0.752. The van der Waals surface area contributed by atoms with Gasteiger partial charge in [0.1, 0.15) is 0 Å². The van der Waals surface area contributed by atoms with Gasteiger partial charge in [0.15, 0.2) is 0 Å². The van der Waals surface area contributed by atoms with Crippen molar-refractivity contribution in [2.45, 2.75) is 26.4 Å². The molecule has 0 aliphatic carbocycles. The number of rotatable bonds is 1. The summed E-state index contributed by atoms with van der Waals surface area (Å²) in [6.45, 7) is 4.11. The molecular weight excluding hydrogens is 132 g/mol. The molecule has 0 aromatic rings. The normalized spacial score (nSPS) is 40.0. The van der Waals surface area contributed by atoms with Gasteiger partial charge in [-0.3, -0.25) is 4.79 Å². The largest absolute Gasteiger partial charge is 0.481 e. The van der Waals surface area contributed by atoms with Crippen molar-refractivity contribution in [2.75, 3.05) is 6.61 Å². The van der Waals surface area contributed by atoms with Gasteiger partial charge in [0.05, 0.1) is 11.5 Å². The van der Waals surface area contributed by atoms with Gasteiger partial charge < -0.3 is 9.84 Å². The zero-order valence-corrected chi connectivity index (χ0v) is 6.26. The second kappa shape index (κ2) is 2.23. The van der Waals surface area contributed by atoms with E-state index >= 15 is 0 Å². The summed E-state index contributed by atoms with van der Waals surface area (Å²) in [5.41, 5.74) is -0.653. The molecule has 0 spiro atoms. The van der Waals surface area contributed by atoms with Crippen LogP contribution in [-0.4, -0.2) is 23.8 Å². The minimum atomic E-state index is -0.752. The van der Waals surface area contributed by atoms with Crippen LogP contribution >= 0.6 is 0 Å². The summed E-state index contributed by atoms with van der Waals surface area (Å²) >= 11 is 0. The maximum atomic E-state index is 10.7. The Hall–Kier alpha value is -0.570. The van der Waals surface area contributed by atoms with Crippen LogP contribution in [0.25, 0.3) is 0 Å². The molecule has 0 radical (unpaired) electrons. The predicted molar refractivity (Wildman–Crippen MR) is 35.8 cm³/mol. The van der Waals surface area contributed by atoms with Crippen molar-refractivity contribution in [2.24, 2.45) is 5.41 Å². The van der Waals surface area contributed by atoms with Crippen LogP contribution in [0.5, 0.6) is 0 Å². The second-order valence-corrected chi connectivity index (χ2v) is 2.99. The molecule has 1 aliphatic heterocycles. The minimum absolute atomic E-state index is 0.148. The van der Waals surface area contributed by atoms with E-state index < -0.39 is 11.4 Å². The summed E-state index contributed by atoms with van der Waals surface area (Å²) < 4.78 is 5.15. The molecule has 0 unspecified atom stereocenters. The highest BCUT2D eigenvalue weighted by molar-refractivity contribution is 5.75. The molecule has 0 saturated carbocycles. The first kappa shape index (κ1) is 7.54. The Morgan fingerprint density at radius 1 is 1.80 bits per heavy atom. The highest BCUT2D eigenvalue weighted by atomic mass is 16.5. The Balaban J connectivity index is 2.75. The molecule has 1 aliphatic rings. The Morgan fingerprint density at radius 2 is 2.40 bits per heavy atom. The molecule has 0 aromatic heterocycles. The topological polar surface area (TPSA) is 46.5 Å². The van der Waals surface area contributed by atoms with Crippen LogP contribution in [0.1, 0.15) is 20.3 Å². The maximum Gasteiger partial charge on any atom is 0.312 e. The summed E-state index contributed by atoms with van der Waals surface area (Å²) in [6, 6.07) is 0. The third kappa shape index (κ3) is 0.904. The molecule has 1 heterocycles. The molecule has 0 amide bonds. The third-order valence-corrected chi connectivity index (χ3v) is 2.38. The molecule has 3 heteroatoms. The molecule has 10 heavy (non-hydrogen) atoms. The lowest BCUT2D eigenvalue weighted by atomic mass is 9.84. The Morgan fingerprint density at radius 3 is 2.60 bits per heavy atom. The van der Waals surface area contributed by atoms with Gasteiger partial charge in [-0.2, -0.15) is 0 Å². The van der Waals surface area contributed by atoms with Crippen molar-refractivity contribution in [1.29, 1.82) is 0 Å². The molecular formula is C7H12O3. The Bertz CT molecular complexity index is 155. The summed E-state index contributed by atoms with van der Waals surface area (Å²) in [6.07, 6.45) is 0.480. The van der Waals surface area contributed by atoms with E-state index in [1.54, 1.807) is 13.8 Å². The van der Waals surface area contributed by atoms with Gasteiger partial charge in [0.2, 0.25) is 0 Å². The van der Waals surface area contributed by atoms with Gasteiger partial charge >= 0.3 is 5.97 Å². The zero-order chi connectivity index (χ0) is 7.78. The number of aliphatic carboxylic acids is 1. The molecule has 0 aromatic carbocycles. The molecule has 3 nitrogen and oxygen atoms in total. The van der Waals surface area contributed by atoms with Crippen LogP contribution < -0.4 is 0 Å². The smallest absolute Gasteiger partial charge is 0.312 e. The summed E-state index contributed by atoms with van der Waals surface area (Å²) in [4.78, 5) is 10.7. The average Bonchev–Trinajstić information content (AvgIpc) is 2.15. The molecule has 2 atom stereocenters. The number of carboxylic acids is 1. The van der Waals surface area contributed by atoms with Crippen molar-refractivity contribution in [3.05, 3.63) is 0 Å². The van der Waals surface area contributed by atoms with E-state index in [2.05, 4.69) is 0 Å². The fourth-order valence-electron chi connectivity index (χ4n) is 1.12. The zero-order valence-electron chi connectivity index (χ0n) is 6.26. The van der Waals surface area contributed by atoms with Gasteiger partial charge in [0, 0.05) is 6.61 Å². The highest BCUT2D eigenvalue weighted by Gasteiger charge is 2.43. The predicted octanol–water partition coefficient (Wildman–Crippen LogP) is 0.886. The highest BCUT2D eigenvalue weighted by Crippen LogP contribution is 2.34. The number of ether oxygens (including phenoxy) is 1. The van der Waals surface area contributed by atoms with E-state index in [-0.39, 0.29) is 6.10 Å². The molecule has 1 fully saturated rings. The van der Waals surface area contributed by atoms with Crippen molar-refractivity contribution < 1.29 is 14.6 Å². The van der Waals surface area contributed by atoms with E-state index in [9.17, 15) is 4.79 Å². The van der Waals surface area contributed by atoms with Gasteiger partial charge in [-0.05, 0) is 20.3 Å². The molecule has 1 saturated heterocycles. The van der Waals surface area contributed by atoms with Crippen molar-refractivity contribution in [1.82, 2.24) is 0 Å². The van der Waals surface area contributed by atoms with Crippen molar-refractivity contribution in [3.63, 3.8) is 0 Å². The number of hydrogen-bond acceptors (Lipinski definition) is 2. The van der Waals surface area contributed by atoms with Crippen molar-refractivity contribution >= 4 is 5.97 Å². The number of hydrogen-bond donors (Lipinski definition) is 1. The Labute approximate surface area is 60.0 Å². The van der Waals surface area contributed by atoms with Crippen LogP contribution in [0.2, 0.25) is 0 Å². The summed E-state index contributed by atoms with van der Waals surface area (Å²) in [7, 11) is 0. The van der Waals surface area contributed by atoms with Gasteiger partial charge in [-0.25, -0.2) is 0 Å². The van der Waals surface area contributed by atoms with Gasteiger partial charge in [0.25, 0.3) is 0 Å².